The van der Waals surface area contributed by atoms with Gasteiger partial charge < -0.3 is 23.4 Å². The predicted octanol–water partition coefficient (Wildman–Crippen LogP) is 3.98. The number of ether oxygens (including phenoxy) is 4. The first-order valence-electron chi connectivity index (χ1n) is 9.62. The van der Waals surface area contributed by atoms with Crippen LogP contribution in [0.1, 0.15) is 27.2 Å². The molecule has 3 aliphatic rings. The van der Waals surface area contributed by atoms with Crippen molar-refractivity contribution in [2.45, 2.75) is 13.1 Å². The maximum atomic E-state index is 12.8. The van der Waals surface area contributed by atoms with Crippen LogP contribution in [0.15, 0.2) is 58.9 Å². The van der Waals surface area contributed by atoms with Gasteiger partial charge in [0.05, 0.1) is 17.4 Å². The quantitative estimate of drug-likeness (QED) is 0.613. The molecule has 2 aromatic carbocycles. The molecule has 0 fully saturated rings. The number of carbonyl (C=O) groups is 1. The van der Waals surface area contributed by atoms with E-state index in [0.717, 1.165) is 28.4 Å². The Morgan fingerprint density at radius 1 is 1.00 bits per heavy atom. The Morgan fingerprint density at radius 2 is 1.90 bits per heavy atom. The molecule has 6 rings (SSSR count). The zero-order valence-corrected chi connectivity index (χ0v) is 15.9. The lowest BCUT2D eigenvalue weighted by atomic mass is 10.0. The van der Waals surface area contributed by atoms with Crippen LogP contribution in [0.4, 0.5) is 0 Å². The molecule has 0 amide bonds. The zero-order chi connectivity index (χ0) is 20.1. The van der Waals surface area contributed by atoms with Gasteiger partial charge in [0, 0.05) is 19.2 Å². The number of nitrogens with zero attached hydrogens (tertiary/aromatic N) is 1. The third-order valence-corrected chi connectivity index (χ3v) is 5.34. The maximum Gasteiger partial charge on any atom is 0.232 e. The molecule has 0 unspecified atom stereocenters. The van der Waals surface area contributed by atoms with Gasteiger partial charge in [-0.3, -0.25) is 9.69 Å². The predicted molar refractivity (Wildman–Crippen MR) is 105 cm³/mol. The van der Waals surface area contributed by atoms with Gasteiger partial charge in [0.2, 0.25) is 12.6 Å². The number of Topliss-reactive ketones (excluding diaryl/α,β-unsaturated/α-hetero) is 1. The van der Waals surface area contributed by atoms with Gasteiger partial charge in [-0.2, -0.15) is 0 Å². The van der Waals surface area contributed by atoms with Crippen LogP contribution in [-0.2, 0) is 13.1 Å². The van der Waals surface area contributed by atoms with Crippen molar-refractivity contribution in [1.29, 1.82) is 0 Å². The number of rotatable bonds is 3. The summed E-state index contributed by atoms with van der Waals surface area (Å²) in [5.74, 6) is 3.49. The van der Waals surface area contributed by atoms with Crippen LogP contribution in [0.25, 0.3) is 6.08 Å². The van der Waals surface area contributed by atoms with E-state index >= 15 is 0 Å². The molecule has 1 aromatic heterocycles. The third-order valence-electron chi connectivity index (χ3n) is 5.34. The second-order valence-electron chi connectivity index (χ2n) is 7.32. The Hall–Kier alpha value is -3.71. The van der Waals surface area contributed by atoms with Crippen molar-refractivity contribution >= 4 is 11.9 Å². The summed E-state index contributed by atoms with van der Waals surface area (Å²) in [5.41, 5.74) is 2.50. The minimum absolute atomic E-state index is 0.155. The normalized spacial score (nSPS) is 18.1. The van der Waals surface area contributed by atoms with E-state index in [9.17, 15) is 4.79 Å². The molecule has 0 bridgehead atoms. The number of benzene rings is 2. The average Bonchev–Trinajstić information content (AvgIpc) is 3.50. The minimum Gasteiger partial charge on any atom is -0.478 e. The van der Waals surface area contributed by atoms with Crippen LogP contribution in [0.3, 0.4) is 0 Å². The van der Waals surface area contributed by atoms with E-state index in [1.807, 2.05) is 24.3 Å². The highest BCUT2D eigenvalue weighted by Gasteiger charge is 2.33. The van der Waals surface area contributed by atoms with Crippen molar-refractivity contribution in [2.24, 2.45) is 0 Å². The Morgan fingerprint density at radius 3 is 2.80 bits per heavy atom. The van der Waals surface area contributed by atoms with Crippen LogP contribution in [0, 0.1) is 0 Å². The van der Waals surface area contributed by atoms with Crippen molar-refractivity contribution in [3.63, 3.8) is 0 Å². The fourth-order valence-corrected chi connectivity index (χ4v) is 3.91. The lowest BCUT2D eigenvalue weighted by Crippen LogP contribution is -2.31. The molecule has 7 heteroatoms. The van der Waals surface area contributed by atoms with Gasteiger partial charge in [-0.15, -0.1) is 0 Å². The van der Waals surface area contributed by atoms with Gasteiger partial charge in [0.15, 0.2) is 17.3 Å². The Labute approximate surface area is 172 Å². The Kier molecular flexibility index (Phi) is 3.82. The number of furan rings is 1. The fraction of sp³-hybridized carbons (Fsp3) is 0.174. The largest absolute Gasteiger partial charge is 0.478 e. The van der Waals surface area contributed by atoms with Gasteiger partial charge in [0.25, 0.3) is 0 Å². The van der Waals surface area contributed by atoms with Gasteiger partial charge in [-0.1, -0.05) is 6.07 Å². The first-order chi connectivity index (χ1) is 14.7. The molecule has 0 aliphatic carbocycles. The molecule has 30 heavy (non-hydrogen) atoms. The number of hydrogen-bond donors (Lipinski definition) is 0. The van der Waals surface area contributed by atoms with E-state index in [0.29, 0.717) is 36.9 Å². The van der Waals surface area contributed by atoms with E-state index in [1.165, 1.54) is 0 Å². The van der Waals surface area contributed by atoms with Crippen molar-refractivity contribution in [3.05, 3.63) is 76.9 Å². The summed E-state index contributed by atoms with van der Waals surface area (Å²) in [7, 11) is 0. The molecule has 150 valence electrons. The molecule has 7 nitrogen and oxygen atoms in total. The summed E-state index contributed by atoms with van der Waals surface area (Å²) in [6.45, 7) is 1.98. The van der Waals surface area contributed by atoms with Crippen LogP contribution >= 0.6 is 0 Å². The lowest BCUT2D eigenvalue weighted by molar-refractivity contribution is 0.0872. The first kappa shape index (κ1) is 17.2. The molecular formula is C23H17NO6. The van der Waals surface area contributed by atoms with Crippen molar-refractivity contribution in [1.82, 2.24) is 4.90 Å². The van der Waals surface area contributed by atoms with E-state index < -0.39 is 0 Å². The van der Waals surface area contributed by atoms with Crippen LogP contribution < -0.4 is 18.9 Å². The molecule has 0 spiro atoms. The van der Waals surface area contributed by atoms with Crippen LogP contribution in [0.5, 0.6) is 23.0 Å². The Bertz CT molecular complexity index is 1180. The topological polar surface area (TPSA) is 70.4 Å². The number of carbonyl (C=O) groups excluding carboxylic acids is 1. The summed E-state index contributed by atoms with van der Waals surface area (Å²) < 4.78 is 28.1. The van der Waals surface area contributed by atoms with Crippen molar-refractivity contribution < 1.29 is 28.2 Å². The molecule has 3 aromatic rings. The average molecular weight is 403 g/mol. The van der Waals surface area contributed by atoms with Gasteiger partial charge >= 0.3 is 0 Å². The van der Waals surface area contributed by atoms with Gasteiger partial charge in [-0.25, -0.2) is 0 Å². The van der Waals surface area contributed by atoms with E-state index in [4.69, 9.17) is 23.4 Å². The monoisotopic (exact) mass is 403 g/mol. The number of allylic oxidation sites excluding steroid dienone is 1. The molecule has 0 atom stereocenters. The van der Waals surface area contributed by atoms with Crippen LogP contribution in [-0.4, -0.2) is 24.2 Å². The molecule has 0 radical (unpaired) electrons. The van der Waals surface area contributed by atoms with Crippen LogP contribution in [0.2, 0.25) is 0 Å². The minimum atomic E-state index is -0.155. The molecule has 0 N–H and O–H groups in total. The second kappa shape index (κ2) is 6.67. The first-order valence-corrected chi connectivity index (χ1v) is 9.62. The standard InChI is InChI=1S/C23H17NO6/c25-22-16-4-6-18-17(23(16)30-21(22)9-15-2-1-7-26-15)11-24(12-27-18)10-14-3-5-19-20(8-14)29-13-28-19/h1-9H,10-13H2/b21-9-. The summed E-state index contributed by atoms with van der Waals surface area (Å²) in [6.07, 6.45) is 3.17. The fourth-order valence-electron chi connectivity index (χ4n) is 3.91. The SMILES string of the molecule is O=C1/C(=C/c2ccco2)Oc2c1ccc1c2CN(Cc2ccc3c(c2)OCO3)CO1. The van der Waals surface area contributed by atoms with Gasteiger partial charge in [-0.05, 0) is 42.0 Å². The smallest absolute Gasteiger partial charge is 0.232 e. The van der Waals surface area contributed by atoms with Crippen molar-refractivity contribution in [3.8, 4) is 23.0 Å². The highest BCUT2D eigenvalue weighted by molar-refractivity contribution is 6.14. The lowest BCUT2D eigenvalue weighted by Gasteiger charge is -2.29. The molecule has 0 saturated heterocycles. The van der Waals surface area contributed by atoms with Crippen molar-refractivity contribution in [2.75, 3.05) is 13.5 Å². The summed E-state index contributed by atoms with van der Waals surface area (Å²) >= 11 is 0. The number of hydrogen-bond acceptors (Lipinski definition) is 7. The van der Waals surface area contributed by atoms with Gasteiger partial charge in [0.1, 0.15) is 24.0 Å². The van der Waals surface area contributed by atoms with E-state index in [2.05, 4.69) is 4.90 Å². The van der Waals surface area contributed by atoms with E-state index in [-0.39, 0.29) is 18.3 Å². The summed E-state index contributed by atoms with van der Waals surface area (Å²) in [5, 5.41) is 0. The van der Waals surface area contributed by atoms with E-state index in [1.54, 1.807) is 30.5 Å². The number of fused-ring (bicyclic) bond motifs is 4. The zero-order valence-electron chi connectivity index (χ0n) is 15.9. The summed E-state index contributed by atoms with van der Waals surface area (Å²) in [4.78, 5) is 14.9. The highest BCUT2D eigenvalue weighted by atomic mass is 16.7. The third kappa shape index (κ3) is 2.83. The molecule has 0 saturated carbocycles. The second-order valence-corrected chi connectivity index (χ2v) is 7.32. The number of ketones is 1. The summed E-state index contributed by atoms with van der Waals surface area (Å²) in [6, 6.07) is 13.1. The Balaban J connectivity index is 1.27. The molecular weight excluding hydrogens is 386 g/mol. The highest BCUT2D eigenvalue weighted by Crippen LogP contribution is 2.42. The molecule has 3 aliphatic heterocycles. The maximum absolute atomic E-state index is 12.8. The molecule has 4 heterocycles.